The van der Waals surface area contributed by atoms with E-state index in [1.807, 2.05) is 0 Å². The number of hydrogen-bond acceptors (Lipinski definition) is 2. The normalized spacial score (nSPS) is 15.5. The Bertz CT molecular complexity index is 400. The standard InChI is InChI=1S/C23H39NO/c1(3-5-13-19-24-23-17-11-8-12-18-23)2-4-6-14-20-25-21-22-15-9-7-10-16-22/h7,9-10,15-16,23-24H,1-6,8,11-14,17-21H2. The molecule has 142 valence electrons. The molecule has 0 aliphatic heterocycles. The van der Waals surface area contributed by atoms with Gasteiger partial charge in [-0.3, -0.25) is 0 Å². The highest BCUT2D eigenvalue weighted by atomic mass is 16.5. The summed E-state index contributed by atoms with van der Waals surface area (Å²) in [5.74, 6) is 0. The third-order valence-electron chi connectivity index (χ3n) is 5.37. The van der Waals surface area contributed by atoms with E-state index in [2.05, 4.69) is 35.6 Å². The van der Waals surface area contributed by atoms with E-state index in [-0.39, 0.29) is 0 Å². The molecule has 0 unspecified atom stereocenters. The van der Waals surface area contributed by atoms with Gasteiger partial charge in [0.05, 0.1) is 6.61 Å². The number of rotatable bonds is 14. The molecule has 1 aliphatic carbocycles. The van der Waals surface area contributed by atoms with Crippen LogP contribution in [0.15, 0.2) is 30.3 Å². The summed E-state index contributed by atoms with van der Waals surface area (Å²) in [7, 11) is 0. The van der Waals surface area contributed by atoms with Gasteiger partial charge in [0.2, 0.25) is 0 Å². The zero-order valence-corrected chi connectivity index (χ0v) is 16.2. The van der Waals surface area contributed by atoms with Crippen LogP contribution in [0.5, 0.6) is 0 Å². The van der Waals surface area contributed by atoms with Gasteiger partial charge in [-0.25, -0.2) is 0 Å². The van der Waals surface area contributed by atoms with Crippen molar-refractivity contribution < 1.29 is 4.74 Å². The van der Waals surface area contributed by atoms with Gasteiger partial charge in [-0.15, -0.1) is 0 Å². The lowest BCUT2D eigenvalue weighted by Crippen LogP contribution is -2.31. The molecule has 0 amide bonds. The molecular formula is C23H39NO. The first-order valence-corrected chi connectivity index (χ1v) is 10.8. The van der Waals surface area contributed by atoms with Crippen LogP contribution in [0.2, 0.25) is 0 Å². The molecule has 25 heavy (non-hydrogen) atoms. The summed E-state index contributed by atoms with van der Waals surface area (Å²) in [5, 5.41) is 3.75. The molecule has 0 heterocycles. The van der Waals surface area contributed by atoms with E-state index in [1.165, 1.54) is 95.6 Å². The minimum atomic E-state index is 0.760. The Morgan fingerprint density at radius 3 is 2.12 bits per heavy atom. The quantitative estimate of drug-likeness (QED) is 0.403. The van der Waals surface area contributed by atoms with Crippen molar-refractivity contribution in [2.45, 2.75) is 96.1 Å². The zero-order chi connectivity index (χ0) is 17.4. The Hall–Kier alpha value is -0.860. The minimum Gasteiger partial charge on any atom is -0.377 e. The number of ether oxygens (including phenoxy) is 1. The molecule has 1 aromatic rings. The van der Waals surface area contributed by atoms with Crippen molar-refractivity contribution in [3.05, 3.63) is 35.9 Å². The van der Waals surface area contributed by atoms with Gasteiger partial charge in [0.1, 0.15) is 0 Å². The molecule has 1 saturated carbocycles. The SMILES string of the molecule is c1ccc(COCCCCCCCCCCNC2CCCCC2)cc1. The molecule has 0 atom stereocenters. The van der Waals surface area contributed by atoms with Gasteiger partial charge in [-0.1, -0.05) is 88.1 Å². The van der Waals surface area contributed by atoms with E-state index in [0.717, 1.165) is 19.3 Å². The van der Waals surface area contributed by atoms with Crippen LogP contribution in [0, 0.1) is 0 Å². The lowest BCUT2D eigenvalue weighted by Gasteiger charge is -2.22. The van der Waals surface area contributed by atoms with E-state index in [1.54, 1.807) is 0 Å². The Morgan fingerprint density at radius 1 is 0.760 bits per heavy atom. The van der Waals surface area contributed by atoms with Gasteiger partial charge in [0, 0.05) is 12.6 Å². The largest absolute Gasteiger partial charge is 0.377 e. The average Bonchev–Trinajstić information content (AvgIpc) is 2.67. The molecule has 0 spiro atoms. The summed E-state index contributed by atoms with van der Waals surface area (Å²) >= 11 is 0. The van der Waals surface area contributed by atoms with Gasteiger partial charge in [0.25, 0.3) is 0 Å². The highest BCUT2D eigenvalue weighted by Gasteiger charge is 2.11. The van der Waals surface area contributed by atoms with Crippen LogP contribution < -0.4 is 5.32 Å². The van der Waals surface area contributed by atoms with Crippen LogP contribution in [0.25, 0.3) is 0 Å². The summed E-state index contributed by atoms with van der Waals surface area (Å²) in [4.78, 5) is 0. The van der Waals surface area contributed by atoms with Gasteiger partial charge in [-0.05, 0) is 37.8 Å². The second-order valence-corrected chi connectivity index (χ2v) is 7.66. The first kappa shape index (κ1) is 20.5. The minimum absolute atomic E-state index is 0.760. The summed E-state index contributed by atoms with van der Waals surface area (Å²) in [6, 6.07) is 11.3. The first-order valence-electron chi connectivity index (χ1n) is 10.8. The van der Waals surface area contributed by atoms with Crippen molar-refractivity contribution in [2.75, 3.05) is 13.2 Å². The van der Waals surface area contributed by atoms with E-state index < -0.39 is 0 Å². The fraction of sp³-hybridized carbons (Fsp3) is 0.739. The Morgan fingerprint density at radius 2 is 1.40 bits per heavy atom. The van der Waals surface area contributed by atoms with Crippen LogP contribution >= 0.6 is 0 Å². The first-order chi connectivity index (χ1) is 12.4. The second kappa shape index (κ2) is 14.3. The molecule has 1 fully saturated rings. The Labute approximate surface area is 155 Å². The number of unbranched alkanes of at least 4 members (excludes halogenated alkanes) is 7. The van der Waals surface area contributed by atoms with Crippen molar-refractivity contribution >= 4 is 0 Å². The maximum absolute atomic E-state index is 5.73. The van der Waals surface area contributed by atoms with Crippen molar-refractivity contribution in [3.63, 3.8) is 0 Å². The molecule has 2 nitrogen and oxygen atoms in total. The Kier molecular flexibility index (Phi) is 11.7. The van der Waals surface area contributed by atoms with E-state index in [9.17, 15) is 0 Å². The highest BCUT2D eigenvalue weighted by molar-refractivity contribution is 5.13. The highest BCUT2D eigenvalue weighted by Crippen LogP contribution is 2.17. The molecule has 2 rings (SSSR count). The van der Waals surface area contributed by atoms with E-state index in [0.29, 0.717) is 0 Å². The molecule has 1 N–H and O–H groups in total. The lowest BCUT2D eigenvalue weighted by molar-refractivity contribution is 0.116. The van der Waals surface area contributed by atoms with Crippen LogP contribution in [0.1, 0.15) is 89.0 Å². The van der Waals surface area contributed by atoms with Crippen molar-refractivity contribution in [3.8, 4) is 0 Å². The van der Waals surface area contributed by atoms with Crippen LogP contribution in [0.4, 0.5) is 0 Å². The molecular weight excluding hydrogens is 306 g/mol. The van der Waals surface area contributed by atoms with E-state index in [4.69, 9.17) is 4.74 Å². The average molecular weight is 346 g/mol. The lowest BCUT2D eigenvalue weighted by atomic mass is 9.95. The summed E-state index contributed by atoms with van der Waals surface area (Å²) < 4.78 is 5.73. The predicted octanol–water partition coefficient (Wildman–Crippen LogP) is 6.25. The smallest absolute Gasteiger partial charge is 0.0716 e. The zero-order valence-electron chi connectivity index (χ0n) is 16.2. The van der Waals surface area contributed by atoms with Gasteiger partial charge >= 0.3 is 0 Å². The predicted molar refractivity (Wildman–Crippen MR) is 108 cm³/mol. The summed E-state index contributed by atoms with van der Waals surface area (Å²) in [5.41, 5.74) is 1.28. The maximum atomic E-state index is 5.73. The van der Waals surface area contributed by atoms with Gasteiger partial charge < -0.3 is 10.1 Å². The fourth-order valence-electron chi connectivity index (χ4n) is 3.77. The molecule has 1 aliphatic rings. The number of benzene rings is 1. The monoisotopic (exact) mass is 345 g/mol. The molecule has 0 bridgehead atoms. The third-order valence-corrected chi connectivity index (χ3v) is 5.37. The van der Waals surface area contributed by atoms with Crippen molar-refractivity contribution in [1.29, 1.82) is 0 Å². The van der Waals surface area contributed by atoms with Gasteiger partial charge in [0.15, 0.2) is 0 Å². The Balaban J connectivity index is 1.27. The van der Waals surface area contributed by atoms with Crippen LogP contribution in [-0.4, -0.2) is 19.2 Å². The van der Waals surface area contributed by atoms with Crippen LogP contribution in [0.3, 0.4) is 0 Å². The number of hydrogen-bond donors (Lipinski definition) is 1. The van der Waals surface area contributed by atoms with Crippen molar-refractivity contribution in [1.82, 2.24) is 5.32 Å². The molecule has 0 aromatic heterocycles. The summed E-state index contributed by atoms with van der Waals surface area (Å²) in [6.45, 7) is 2.90. The topological polar surface area (TPSA) is 21.3 Å². The second-order valence-electron chi connectivity index (χ2n) is 7.66. The van der Waals surface area contributed by atoms with Crippen molar-refractivity contribution in [2.24, 2.45) is 0 Å². The summed E-state index contributed by atoms with van der Waals surface area (Å²) in [6.07, 6.45) is 18.0. The van der Waals surface area contributed by atoms with E-state index >= 15 is 0 Å². The van der Waals surface area contributed by atoms with Gasteiger partial charge in [-0.2, -0.15) is 0 Å². The number of nitrogens with one attached hydrogen (secondary N) is 1. The van der Waals surface area contributed by atoms with Crippen LogP contribution in [-0.2, 0) is 11.3 Å². The third kappa shape index (κ3) is 10.7. The molecule has 0 saturated heterocycles. The molecule has 1 aromatic carbocycles. The fourth-order valence-corrected chi connectivity index (χ4v) is 3.77. The molecule has 2 heteroatoms. The molecule has 0 radical (unpaired) electrons. The maximum Gasteiger partial charge on any atom is 0.0716 e.